The lowest BCUT2D eigenvalue weighted by molar-refractivity contribution is 0.171. The van der Waals surface area contributed by atoms with Gasteiger partial charge in [0, 0.05) is 60.0 Å². The molecule has 0 radical (unpaired) electrons. The van der Waals surface area contributed by atoms with E-state index in [0.717, 1.165) is 69.9 Å². The Morgan fingerprint density at radius 1 is 1.12 bits per heavy atom. The second-order valence-electron chi connectivity index (χ2n) is 8.79. The van der Waals surface area contributed by atoms with Crippen molar-refractivity contribution in [2.45, 2.75) is 46.2 Å². The van der Waals surface area contributed by atoms with Crippen LogP contribution >= 0.6 is 0 Å². The summed E-state index contributed by atoms with van der Waals surface area (Å²) in [6, 6.07) is 9.07. The molecule has 0 saturated carbocycles. The van der Waals surface area contributed by atoms with Crippen molar-refractivity contribution in [3.05, 3.63) is 47.0 Å². The average Bonchev–Trinajstić information content (AvgIpc) is 3.12. The van der Waals surface area contributed by atoms with Crippen molar-refractivity contribution in [3.8, 4) is 0 Å². The Hall–Kier alpha value is -2.45. The minimum atomic E-state index is 0.520. The van der Waals surface area contributed by atoms with Gasteiger partial charge in [-0.25, -0.2) is 4.99 Å². The number of ether oxygens (including phenoxy) is 1. The molecule has 32 heavy (non-hydrogen) atoms. The number of piperazine rings is 1. The van der Waals surface area contributed by atoms with Crippen molar-refractivity contribution in [1.82, 2.24) is 29.9 Å². The van der Waals surface area contributed by atoms with Crippen LogP contribution in [0.3, 0.4) is 0 Å². The number of methoxy groups -OCH3 is 1. The highest BCUT2D eigenvalue weighted by molar-refractivity contribution is 5.80. The molecule has 0 atom stereocenters. The highest BCUT2D eigenvalue weighted by atomic mass is 16.5. The van der Waals surface area contributed by atoms with Crippen LogP contribution in [0.5, 0.6) is 0 Å². The van der Waals surface area contributed by atoms with Gasteiger partial charge in [0.15, 0.2) is 11.8 Å². The van der Waals surface area contributed by atoms with Gasteiger partial charge in [0.25, 0.3) is 0 Å². The molecule has 0 aliphatic carbocycles. The minimum absolute atomic E-state index is 0.520. The molecule has 0 spiro atoms. The standard InChI is InChI=1S/C24H39N7O/c1-19(2)22-9-7-21(8-10-22)18-30-12-14-31(15-13-30)24(25-11-6-16-32-5)26-17-23-28-27-20(3)29(23)4/h7-10,19H,6,11-18H2,1-5H3,(H,25,26). The first-order valence-corrected chi connectivity index (χ1v) is 11.7. The molecule has 176 valence electrons. The molecule has 2 heterocycles. The van der Waals surface area contributed by atoms with E-state index in [1.807, 2.05) is 18.5 Å². The summed E-state index contributed by atoms with van der Waals surface area (Å²) in [7, 11) is 3.72. The molecule has 1 fully saturated rings. The van der Waals surface area contributed by atoms with Gasteiger partial charge >= 0.3 is 0 Å². The largest absolute Gasteiger partial charge is 0.385 e. The number of benzene rings is 1. The third kappa shape index (κ3) is 6.77. The summed E-state index contributed by atoms with van der Waals surface area (Å²) in [6.07, 6.45) is 0.949. The highest BCUT2D eigenvalue weighted by Gasteiger charge is 2.20. The van der Waals surface area contributed by atoms with Crippen LogP contribution in [0.15, 0.2) is 29.3 Å². The van der Waals surface area contributed by atoms with E-state index in [2.05, 4.69) is 63.4 Å². The third-order valence-corrected chi connectivity index (χ3v) is 6.09. The van der Waals surface area contributed by atoms with Gasteiger partial charge < -0.3 is 19.5 Å². The quantitative estimate of drug-likeness (QED) is 0.366. The number of guanidine groups is 1. The normalized spacial score (nSPS) is 15.6. The predicted molar refractivity (Wildman–Crippen MR) is 129 cm³/mol. The van der Waals surface area contributed by atoms with Crippen molar-refractivity contribution >= 4 is 5.96 Å². The van der Waals surface area contributed by atoms with E-state index in [1.165, 1.54) is 11.1 Å². The summed E-state index contributed by atoms with van der Waals surface area (Å²) in [5, 5.41) is 11.9. The van der Waals surface area contributed by atoms with Crippen LogP contribution in [-0.4, -0.2) is 77.0 Å². The Kier molecular flexibility index (Phi) is 9.05. The van der Waals surface area contributed by atoms with E-state index < -0.39 is 0 Å². The first-order chi connectivity index (χ1) is 15.5. The Morgan fingerprint density at radius 3 is 2.44 bits per heavy atom. The molecule has 2 aromatic rings. The second kappa shape index (κ2) is 12.0. The van der Waals surface area contributed by atoms with Gasteiger partial charge in [0.2, 0.25) is 0 Å². The average molecular weight is 442 g/mol. The number of hydrogen-bond acceptors (Lipinski definition) is 5. The molecule has 1 aromatic carbocycles. The summed E-state index contributed by atoms with van der Waals surface area (Å²) in [6.45, 7) is 13.5. The van der Waals surface area contributed by atoms with Crippen molar-refractivity contribution in [2.75, 3.05) is 46.4 Å². The van der Waals surface area contributed by atoms with Crippen molar-refractivity contribution < 1.29 is 4.74 Å². The predicted octanol–water partition coefficient (Wildman–Crippen LogP) is 2.55. The third-order valence-electron chi connectivity index (χ3n) is 6.09. The van der Waals surface area contributed by atoms with Gasteiger partial charge in [-0.2, -0.15) is 0 Å². The first kappa shape index (κ1) is 24.2. The Morgan fingerprint density at radius 2 is 1.84 bits per heavy atom. The maximum absolute atomic E-state index is 5.19. The molecule has 1 aliphatic heterocycles. The van der Waals surface area contributed by atoms with Gasteiger partial charge in [-0.15, -0.1) is 10.2 Å². The summed E-state index contributed by atoms with van der Waals surface area (Å²) in [4.78, 5) is 9.75. The van der Waals surface area contributed by atoms with Crippen LogP contribution in [0.2, 0.25) is 0 Å². The van der Waals surface area contributed by atoms with Crippen LogP contribution in [0.4, 0.5) is 0 Å². The molecular formula is C24H39N7O. The molecule has 1 saturated heterocycles. The molecule has 0 amide bonds. The Bertz CT molecular complexity index is 852. The number of rotatable bonds is 9. The fourth-order valence-electron chi connectivity index (χ4n) is 3.80. The van der Waals surface area contributed by atoms with Crippen LogP contribution in [0.25, 0.3) is 0 Å². The van der Waals surface area contributed by atoms with Gasteiger partial charge in [0.1, 0.15) is 12.4 Å². The monoisotopic (exact) mass is 441 g/mol. The molecule has 1 aliphatic rings. The lowest BCUT2D eigenvalue weighted by Crippen LogP contribution is -2.52. The zero-order valence-corrected chi connectivity index (χ0v) is 20.3. The van der Waals surface area contributed by atoms with Crippen LogP contribution in [0, 0.1) is 6.92 Å². The number of nitrogens with one attached hydrogen (secondary N) is 1. The van der Waals surface area contributed by atoms with Crippen LogP contribution < -0.4 is 5.32 Å². The maximum atomic E-state index is 5.19. The number of aromatic nitrogens is 3. The van der Waals surface area contributed by atoms with E-state index >= 15 is 0 Å². The first-order valence-electron chi connectivity index (χ1n) is 11.7. The lowest BCUT2D eigenvalue weighted by Gasteiger charge is -2.36. The van der Waals surface area contributed by atoms with Crippen LogP contribution in [0.1, 0.15) is 49.0 Å². The van der Waals surface area contributed by atoms with Gasteiger partial charge in [-0.05, 0) is 30.4 Å². The second-order valence-corrected chi connectivity index (χ2v) is 8.79. The zero-order chi connectivity index (χ0) is 22.9. The van der Waals surface area contributed by atoms with E-state index in [-0.39, 0.29) is 0 Å². The van der Waals surface area contributed by atoms with E-state index in [0.29, 0.717) is 12.5 Å². The molecule has 3 rings (SSSR count). The lowest BCUT2D eigenvalue weighted by atomic mass is 10.0. The van der Waals surface area contributed by atoms with E-state index in [1.54, 1.807) is 7.11 Å². The van der Waals surface area contributed by atoms with Gasteiger partial charge in [-0.3, -0.25) is 4.90 Å². The van der Waals surface area contributed by atoms with Crippen molar-refractivity contribution in [2.24, 2.45) is 12.0 Å². The maximum Gasteiger partial charge on any atom is 0.194 e. The zero-order valence-electron chi connectivity index (χ0n) is 20.3. The molecule has 8 nitrogen and oxygen atoms in total. The number of hydrogen-bond donors (Lipinski definition) is 1. The van der Waals surface area contributed by atoms with Gasteiger partial charge in [-0.1, -0.05) is 38.1 Å². The summed E-state index contributed by atoms with van der Waals surface area (Å²) >= 11 is 0. The Labute approximate surface area is 192 Å². The number of aryl methyl sites for hydroxylation is 1. The van der Waals surface area contributed by atoms with E-state index in [9.17, 15) is 0 Å². The SMILES string of the molecule is COCCCNC(=NCc1nnc(C)n1C)N1CCN(Cc2ccc(C(C)C)cc2)CC1. The molecule has 8 heteroatoms. The molecular weight excluding hydrogens is 402 g/mol. The summed E-state index contributed by atoms with van der Waals surface area (Å²) in [5.41, 5.74) is 2.78. The Balaban J connectivity index is 1.57. The topological polar surface area (TPSA) is 70.8 Å². The number of aliphatic imine (C=N–C) groups is 1. The van der Waals surface area contributed by atoms with Gasteiger partial charge in [0.05, 0.1) is 0 Å². The molecule has 0 bridgehead atoms. The van der Waals surface area contributed by atoms with Crippen molar-refractivity contribution in [1.29, 1.82) is 0 Å². The van der Waals surface area contributed by atoms with E-state index in [4.69, 9.17) is 9.73 Å². The molecule has 1 N–H and O–H groups in total. The van der Waals surface area contributed by atoms with Crippen molar-refractivity contribution in [3.63, 3.8) is 0 Å². The fraction of sp³-hybridized carbons (Fsp3) is 0.625. The molecule has 1 aromatic heterocycles. The summed E-state index contributed by atoms with van der Waals surface area (Å²) in [5.74, 6) is 3.30. The molecule has 0 unspecified atom stereocenters. The number of nitrogens with zero attached hydrogens (tertiary/aromatic N) is 6. The van der Waals surface area contributed by atoms with Crippen LogP contribution in [-0.2, 0) is 24.9 Å². The minimum Gasteiger partial charge on any atom is -0.385 e. The smallest absolute Gasteiger partial charge is 0.194 e. The highest BCUT2D eigenvalue weighted by Crippen LogP contribution is 2.16. The fourth-order valence-corrected chi connectivity index (χ4v) is 3.80. The summed E-state index contributed by atoms with van der Waals surface area (Å²) < 4.78 is 7.18.